The van der Waals surface area contributed by atoms with Crippen molar-refractivity contribution >= 4 is 10.8 Å². The molecule has 0 saturated heterocycles. The standard InChI is InChI=1S/C16H21N/c1-16(2,3)17-11-10-13-8-9-14-6-4-5-7-15(14)12-13/h4-9,12,17H,10-11H2,1-3H3. The lowest BCUT2D eigenvalue weighted by atomic mass is 10.0. The van der Waals surface area contributed by atoms with Crippen LogP contribution in [0.4, 0.5) is 0 Å². The lowest BCUT2D eigenvalue weighted by Gasteiger charge is -2.20. The summed E-state index contributed by atoms with van der Waals surface area (Å²) < 4.78 is 0. The smallest absolute Gasteiger partial charge is 0.00966 e. The summed E-state index contributed by atoms with van der Waals surface area (Å²) in [5.41, 5.74) is 1.61. The van der Waals surface area contributed by atoms with Crippen molar-refractivity contribution in [1.82, 2.24) is 5.32 Å². The maximum absolute atomic E-state index is 3.52. The molecule has 0 spiro atoms. The quantitative estimate of drug-likeness (QED) is 0.841. The Labute approximate surface area is 104 Å². The number of hydrogen-bond acceptors (Lipinski definition) is 1. The van der Waals surface area contributed by atoms with Crippen LogP contribution in [0.3, 0.4) is 0 Å². The summed E-state index contributed by atoms with van der Waals surface area (Å²) in [7, 11) is 0. The fourth-order valence-corrected chi connectivity index (χ4v) is 1.98. The third-order valence-corrected chi connectivity index (χ3v) is 2.88. The second-order valence-corrected chi connectivity index (χ2v) is 5.61. The molecule has 1 N–H and O–H groups in total. The van der Waals surface area contributed by atoms with E-state index in [9.17, 15) is 0 Å². The molecule has 0 unspecified atom stereocenters. The zero-order chi connectivity index (χ0) is 12.3. The summed E-state index contributed by atoms with van der Waals surface area (Å²) in [6, 6.07) is 15.2. The van der Waals surface area contributed by atoms with Gasteiger partial charge in [-0.1, -0.05) is 42.5 Å². The lowest BCUT2D eigenvalue weighted by molar-refractivity contribution is 0.429. The molecule has 0 radical (unpaired) electrons. The van der Waals surface area contributed by atoms with E-state index in [0.717, 1.165) is 13.0 Å². The highest BCUT2D eigenvalue weighted by Gasteiger charge is 2.07. The molecule has 0 aliphatic carbocycles. The van der Waals surface area contributed by atoms with Crippen molar-refractivity contribution in [1.29, 1.82) is 0 Å². The van der Waals surface area contributed by atoms with Crippen molar-refractivity contribution in [3.05, 3.63) is 48.0 Å². The van der Waals surface area contributed by atoms with E-state index in [2.05, 4.69) is 68.6 Å². The number of rotatable bonds is 3. The minimum Gasteiger partial charge on any atom is -0.312 e. The van der Waals surface area contributed by atoms with Gasteiger partial charge in [0.05, 0.1) is 0 Å². The first-order chi connectivity index (χ1) is 8.04. The number of hydrogen-bond donors (Lipinski definition) is 1. The lowest BCUT2D eigenvalue weighted by Crippen LogP contribution is -2.37. The second-order valence-electron chi connectivity index (χ2n) is 5.61. The Balaban J connectivity index is 2.04. The molecule has 0 fully saturated rings. The third kappa shape index (κ3) is 3.57. The largest absolute Gasteiger partial charge is 0.312 e. The molecule has 2 aromatic carbocycles. The van der Waals surface area contributed by atoms with Gasteiger partial charge in [0.2, 0.25) is 0 Å². The van der Waals surface area contributed by atoms with E-state index in [4.69, 9.17) is 0 Å². The Bertz CT molecular complexity index is 494. The second kappa shape index (κ2) is 4.89. The molecule has 0 aromatic heterocycles. The average Bonchev–Trinajstić information content (AvgIpc) is 2.27. The van der Waals surface area contributed by atoms with Crippen molar-refractivity contribution in [2.75, 3.05) is 6.54 Å². The molecule has 0 amide bonds. The van der Waals surface area contributed by atoms with Crippen molar-refractivity contribution < 1.29 is 0 Å². The summed E-state index contributed by atoms with van der Waals surface area (Å²) in [4.78, 5) is 0. The molecule has 1 heteroatoms. The van der Waals surface area contributed by atoms with E-state index in [-0.39, 0.29) is 5.54 Å². The molecule has 1 nitrogen and oxygen atoms in total. The van der Waals surface area contributed by atoms with E-state index >= 15 is 0 Å². The summed E-state index contributed by atoms with van der Waals surface area (Å²) in [6.45, 7) is 7.63. The molecular formula is C16H21N. The van der Waals surface area contributed by atoms with Gasteiger partial charge in [-0.3, -0.25) is 0 Å². The van der Waals surface area contributed by atoms with Gasteiger partial charge in [-0.05, 0) is 50.1 Å². The van der Waals surface area contributed by atoms with Gasteiger partial charge in [-0.15, -0.1) is 0 Å². The van der Waals surface area contributed by atoms with E-state index in [1.165, 1.54) is 16.3 Å². The minimum absolute atomic E-state index is 0.205. The SMILES string of the molecule is CC(C)(C)NCCc1ccc2ccccc2c1. The summed E-state index contributed by atoms with van der Waals surface area (Å²) >= 11 is 0. The normalized spacial score (nSPS) is 11.9. The van der Waals surface area contributed by atoms with Crippen LogP contribution in [-0.2, 0) is 6.42 Å². The molecule has 0 heterocycles. The van der Waals surface area contributed by atoms with Crippen molar-refractivity contribution in [2.45, 2.75) is 32.7 Å². The monoisotopic (exact) mass is 227 g/mol. The molecule has 17 heavy (non-hydrogen) atoms. The van der Waals surface area contributed by atoms with Gasteiger partial charge < -0.3 is 5.32 Å². The Hall–Kier alpha value is -1.34. The van der Waals surface area contributed by atoms with E-state index in [0.29, 0.717) is 0 Å². The Morgan fingerprint density at radius 1 is 0.941 bits per heavy atom. The van der Waals surface area contributed by atoms with Crippen LogP contribution >= 0.6 is 0 Å². The third-order valence-electron chi connectivity index (χ3n) is 2.88. The highest BCUT2D eigenvalue weighted by atomic mass is 14.9. The molecule has 2 aromatic rings. The first-order valence-corrected chi connectivity index (χ1v) is 6.27. The molecule has 2 rings (SSSR count). The predicted molar refractivity (Wildman–Crippen MR) is 75.4 cm³/mol. The van der Waals surface area contributed by atoms with Crippen LogP contribution in [0.2, 0.25) is 0 Å². The van der Waals surface area contributed by atoms with Gasteiger partial charge >= 0.3 is 0 Å². The molecule has 0 atom stereocenters. The molecule has 0 bridgehead atoms. The fraction of sp³-hybridized carbons (Fsp3) is 0.375. The van der Waals surface area contributed by atoms with Gasteiger partial charge in [0.1, 0.15) is 0 Å². The first-order valence-electron chi connectivity index (χ1n) is 6.27. The zero-order valence-corrected chi connectivity index (χ0v) is 11.0. The van der Waals surface area contributed by atoms with Crippen LogP contribution < -0.4 is 5.32 Å². The fourth-order valence-electron chi connectivity index (χ4n) is 1.98. The molecule has 0 aliphatic heterocycles. The molecule has 90 valence electrons. The Morgan fingerprint density at radius 2 is 1.65 bits per heavy atom. The van der Waals surface area contributed by atoms with Crippen molar-refractivity contribution in [3.63, 3.8) is 0 Å². The van der Waals surface area contributed by atoms with E-state index in [1.807, 2.05) is 0 Å². The number of benzene rings is 2. The number of fused-ring (bicyclic) bond motifs is 1. The highest BCUT2D eigenvalue weighted by molar-refractivity contribution is 5.82. The van der Waals surface area contributed by atoms with Gasteiger partial charge in [0, 0.05) is 5.54 Å². The van der Waals surface area contributed by atoms with Gasteiger partial charge in [0.25, 0.3) is 0 Å². The van der Waals surface area contributed by atoms with Gasteiger partial charge in [-0.25, -0.2) is 0 Å². The van der Waals surface area contributed by atoms with E-state index in [1.54, 1.807) is 0 Å². The molecule has 0 saturated carbocycles. The summed E-state index contributed by atoms with van der Waals surface area (Å²) in [5, 5.41) is 6.17. The topological polar surface area (TPSA) is 12.0 Å². The van der Waals surface area contributed by atoms with Crippen LogP contribution in [0.15, 0.2) is 42.5 Å². The maximum atomic E-state index is 3.52. The predicted octanol–water partition coefficient (Wildman–Crippen LogP) is 3.77. The summed E-state index contributed by atoms with van der Waals surface area (Å²) in [5.74, 6) is 0. The van der Waals surface area contributed by atoms with Gasteiger partial charge in [0.15, 0.2) is 0 Å². The minimum atomic E-state index is 0.205. The zero-order valence-electron chi connectivity index (χ0n) is 11.0. The van der Waals surface area contributed by atoms with Crippen LogP contribution in [0, 0.1) is 0 Å². The van der Waals surface area contributed by atoms with Crippen molar-refractivity contribution in [3.8, 4) is 0 Å². The van der Waals surface area contributed by atoms with Gasteiger partial charge in [-0.2, -0.15) is 0 Å². The molecule has 0 aliphatic rings. The Kier molecular flexibility index (Phi) is 3.49. The summed E-state index contributed by atoms with van der Waals surface area (Å²) in [6.07, 6.45) is 1.09. The van der Waals surface area contributed by atoms with Crippen LogP contribution in [-0.4, -0.2) is 12.1 Å². The van der Waals surface area contributed by atoms with E-state index < -0.39 is 0 Å². The number of nitrogens with one attached hydrogen (secondary N) is 1. The molecular weight excluding hydrogens is 206 g/mol. The first kappa shape index (κ1) is 12.1. The Morgan fingerprint density at radius 3 is 2.35 bits per heavy atom. The van der Waals surface area contributed by atoms with Crippen LogP contribution in [0.5, 0.6) is 0 Å². The average molecular weight is 227 g/mol. The maximum Gasteiger partial charge on any atom is 0.00966 e. The highest BCUT2D eigenvalue weighted by Crippen LogP contribution is 2.15. The van der Waals surface area contributed by atoms with Crippen molar-refractivity contribution in [2.24, 2.45) is 0 Å². The van der Waals surface area contributed by atoms with Crippen LogP contribution in [0.1, 0.15) is 26.3 Å². The van der Waals surface area contributed by atoms with Crippen LogP contribution in [0.25, 0.3) is 10.8 Å².